The largest absolute Gasteiger partial charge is 0.497 e. The van der Waals surface area contributed by atoms with E-state index in [1.807, 2.05) is 30.3 Å². The molecule has 0 aliphatic rings. The number of hydrogen-bond acceptors (Lipinski definition) is 5. The van der Waals surface area contributed by atoms with Crippen molar-refractivity contribution in [1.29, 1.82) is 0 Å². The van der Waals surface area contributed by atoms with E-state index in [4.69, 9.17) is 37.4 Å². The van der Waals surface area contributed by atoms with Crippen molar-refractivity contribution in [3.05, 3.63) is 86.9 Å². The minimum atomic E-state index is -0.531. The van der Waals surface area contributed by atoms with Crippen molar-refractivity contribution in [2.75, 3.05) is 14.2 Å². The molecule has 0 heterocycles. The average Bonchev–Trinajstić information content (AvgIpc) is 2.74. The van der Waals surface area contributed by atoms with E-state index >= 15 is 0 Å². The first kappa shape index (κ1) is 22.7. The summed E-state index contributed by atoms with van der Waals surface area (Å²) in [6.07, 6.45) is 0.0373. The number of halogens is 2. The van der Waals surface area contributed by atoms with Gasteiger partial charge in [-0.2, -0.15) is 0 Å². The number of carbonyl (C=O) groups excluding carboxylic acids is 2. The van der Waals surface area contributed by atoms with Crippen molar-refractivity contribution in [3.8, 4) is 17.2 Å². The van der Waals surface area contributed by atoms with Crippen LogP contribution in [0.15, 0.2) is 54.6 Å². The molecule has 0 bridgehead atoms. The topological polar surface area (TPSA) is 61.8 Å². The zero-order chi connectivity index (χ0) is 22.5. The van der Waals surface area contributed by atoms with Crippen LogP contribution in [0.5, 0.6) is 17.2 Å². The number of aryl methyl sites for hydroxylation is 1. The molecule has 31 heavy (non-hydrogen) atoms. The van der Waals surface area contributed by atoms with Gasteiger partial charge in [-0.1, -0.05) is 59.6 Å². The minimum absolute atomic E-state index is 0.0244. The summed E-state index contributed by atoms with van der Waals surface area (Å²) >= 11 is 12.7. The molecule has 0 fully saturated rings. The van der Waals surface area contributed by atoms with Gasteiger partial charge in [0.25, 0.3) is 0 Å². The van der Waals surface area contributed by atoms with E-state index < -0.39 is 11.8 Å². The monoisotopic (exact) mass is 458 g/mol. The Labute approximate surface area is 190 Å². The molecule has 0 atom stereocenters. The van der Waals surface area contributed by atoms with Crippen LogP contribution < -0.4 is 14.2 Å². The van der Waals surface area contributed by atoms with Gasteiger partial charge >= 0.3 is 5.97 Å². The number of ether oxygens (including phenoxy) is 3. The quantitative estimate of drug-likeness (QED) is 0.258. The van der Waals surface area contributed by atoms with E-state index in [9.17, 15) is 9.59 Å². The van der Waals surface area contributed by atoms with Gasteiger partial charge in [-0.25, -0.2) is 0 Å². The maximum atomic E-state index is 13.5. The molecule has 0 unspecified atom stereocenters. The van der Waals surface area contributed by atoms with Crippen molar-refractivity contribution in [3.63, 3.8) is 0 Å². The first-order chi connectivity index (χ1) is 14.8. The third-order valence-electron chi connectivity index (χ3n) is 4.66. The van der Waals surface area contributed by atoms with Gasteiger partial charge in [0.15, 0.2) is 17.3 Å². The summed E-state index contributed by atoms with van der Waals surface area (Å²) in [6, 6.07) is 15.5. The van der Waals surface area contributed by atoms with Crippen LogP contribution in [0.25, 0.3) is 0 Å². The van der Waals surface area contributed by atoms with Gasteiger partial charge in [0.05, 0.1) is 41.8 Å². The van der Waals surface area contributed by atoms with E-state index in [2.05, 4.69) is 0 Å². The molecular weight excluding hydrogens is 439 g/mol. The lowest BCUT2D eigenvalue weighted by Gasteiger charge is -2.17. The van der Waals surface area contributed by atoms with Gasteiger partial charge in [0, 0.05) is 0 Å². The van der Waals surface area contributed by atoms with Crippen LogP contribution in [0.1, 0.15) is 27.0 Å². The second-order valence-electron chi connectivity index (χ2n) is 6.72. The molecule has 0 amide bonds. The fourth-order valence-electron chi connectivity index (χ4n) is 3.13. The Morgan fingerprint density at radius 1 is 0.871 bits per heavy atom. The molecular formula is C24H20Cl2O5. The van der Waals surface area contributed by atoms with Crippen molar-refractivity contribution < 1.29 is 23.8 Å². The highest BCUT2D eigenvalue weighted by Crippen LogP contribution is 2.39. The number of benzene rings is 3. The van der Waals surface area contributed by atoms with E-state index in [0.29, 0.717) is 11.3 Å². The number of carbonyl (C=O) groups is 2. The van der Waals surface area contributed by atoms with Crippen LogP contribution in [0.4, 0.5) is 0 Å². The highest BCUT2D eigenvalue weighted by molar-refractivity contribution is 6.41. The van der Waals surface area contributed by atoms with Gasteiger partial charge in [-0.05, 0) is 36.2 Å². The summed E-state index contributed by atoms with van der Waals surface area (Å²) in [6.45, 7) is 1.73. The van der Waals surface area contributed by atoms with Gasteiger partial charge in [0.1, 0.15) is 5.75 Å². The molecule has 0 spiro atoms. The molecule has 160 valence electrons. The van der Waals surface area contributed by atoms with Crippen molar-refractivity contribution >= 4 is 35.0 Å². The van der Waals surface area contributed by atoms with Crippen molar-refractivity contribution in [2.24, 2.45) is 0 Å². The number of hydrogen-bond donors (Lipinski definition) is 0. The van der Waals surface area contributed by atoms with E-state index in [1.165, 1.54) is 26.4 Å². The molecule has 3 rings (SSSR count). The lowest BCUT2D eigenvalue weighted by atomic mass is 9.97. The Balaban J connectivity index is 2.05. The molecule has 7 heteroatoms. The zero-order valence-electron chi connectivity index (χ0n) is 17.2. The van der Waals surface area contributed by atoms with E-state index in [-0.39, 0.29) is 39.1 Å². The van der Waals surface area contributed by atoms with Gasteiger partial charge in [0.2, 0.25) is 0 Å². The summed E-state index contributed by atoms with van der Waals surface area (Å²) in [4.78, 5) is 26.1. The number of methoxy groups -OCH3 is 2. The predicted molar refractivity (Wildman–Crippen MR) is 120 cm³/mol. The van der Waals surface area contributed by atoms with Crippen LogP contribution in [0.2, 0.25) is 10.0 Å². The molecule has 0 aliphatic carbocycles. The average molecular weight is 459 g/mol. The molecule has 0 saturated heterocycles. The second-order valence-corrected chi connectivity index (χ2v) is 7.53. The summed E-state index contributed by atoms with van der Waals surface area (Å²) in [7, 11) is 2.90. The van der Waals surface area contributed by atoms with Crippen LogP contribution >= 0.6 is 23.2 Å². The first-order valence-electron chi connectivity index (χ1n) is 9.35. The van der Waals surface area contributed by atoms with Crippen LogP contribution in [-0.2, 0) is 11.2 Å². The third kappa shape index (κ3) is 5.01. The van der Waals surface area contributed by atoms with Gasteiger partial charge in [-0.15, -0.1) is 0 Å². The van der Waals surface area contributed by atoms with Crippen LogP contribution in [0.3, 0.4) is 0 Å². The molecule has 0 radical (unpaired) electrons. The summed E-state index contributed by atoms with van der Waals surface area (Å²) in [5.74, 6) is -0.330. The molecule has 3 aromatic rings. The summed E-state index contributed by atoms with van der Waals surface area (Å²) in [5, 5.41) is 0.247. The lowest BCUT2D eigenvalue weighted by Crippen LogP contribution is -2.16. The normalized spacial score (nSPS) is 10.5. The number of rotatable bonds is 7. The Kier molecular flexibility index (Phi) is 7.21. The fourth-order valence-corrected chi connectivity index (χ4v) is 3.77. The molecule has 0 aromatic heterocycles. The molecule has 5 nitrogen and oxygen atoms in total. The SMILES string of the molecule is COc1cc(Cl)c(C(=O)c2c(C)ccc(OC)c2OC(=O)Cc2ccccc2)c(Cl)c1. The van der Waals surface area contributed by atoms with Crippen molar-refractivity contribution in [1.82, 2.24) is 0 Å². The number of esters is 1. The highest BCUT2D eigenvalue weighted by atomic mass is 35.5. The Morgan fingerprint density at radius 3 is 2.10 bits per heavy atom. The third-order valence-corrected chi connectivity index (χ3v) is 5.26. The summed E-state index contributed by atoms with van der Waals surface area (Å²) < 4.78 is 16.1. The van der Waals surface area contributed by atoms with Crippen molar-refractivity contribution in [2.45, 2.75) is 13.3 Å². The molecule has 0 aliphatic heterocycles. The fraction of sp³-hybridized carbons (Fsp3) is 0.167. The standard InChI is InChI=1S/C24H20Cl2O5/c1-14-9-10-19(30-3)24(31-20(27)11-15-7-5-4-6-8-15)21(14)23(28)22-17(25)12-16(29-2)13-18(22)26/h4-10,12-13H,11H2,1-3H3. The summed E-state index contributed by atoms with van der Waals surface area (Å²) in [5.41, 5.74) is 1.60. The first-order valence-corrected chi connectivity index (χ1v) is 10.1. The van der Waals surface area contributed by atoms with Crippen LogP contribution in [-0.4, -0.2) is 26.0 Å². The molecule has 0 N–H and O–H groups in total. The molecule has 3 aromatic carbocycles. The van der Waals surface area contributed by atoms with Crippen LogP contribution in [0, 0.1) is 6.92 Å². The maximum Gasteiger partial charge on any atom is 0.315 e. The maximum absolute atomic E-state index is 13.5. The Hall–Kier alpha value is -3.02. The number of ketones is 1. The highest BCUT2D eigenvalue weighted by Gasteiger charge is 2.27. The lowest BCUT2D eigenvalue weighted by molar-refractivity contribution is -0.133. The second kappa shape index (κ2) is 9.86. The Morgan fingerprint density at radius 2 is 1.52 bits per heavy atom. The predicted octanol–water partition coefficient (Wildman–Crippen LogP) is 5.70. The minimum Gasteiger partial charge on any atom is -0.497 e. The van der Waals surface area contributed by atoms with Gasteiger partial charge < -0.3 is 14.2 Å². The molecule has 0 saturated carbocycles. The van der Waals surface area contributed by atoms with E-state index in [0.717, 1.165) is 5.56 Å². The zero-order valence-corrected chi connectivity index (χ0v) is 18.7. The smallest absolute Gasteiger partial charge is 0.315 e. The Bertz CT molecular complexity index is 1100. The van der Waals surface area contributed by atoms with Gasteiger partial charge in [-0.3, -0.25) is 9.59 Å². The van der Waals surface area contributed by atoms with E-state index in [1.54, 1.807) is 19.1 Å².